The molecule has 0 saturated carbocycles. The summed E-state index contributed by atoms with van der Waals surface area (Å²) in [6.45, 7) is 5.72. The van der Waals surface area contributed by atoms with Gasteiger partial charge in [-0.3, -0.25) is 4.90 Å². The molecule has 0 amide bonds. The maximum atomic E-state index is 10.9. The zero-order chi connectivity index (χ0) is 11.0. The Kier molecular flexibility index (Phi) is 2.48. The lowest BCUT2D eigenvalue weighted by Crippen LogP contribution is -2.36. The van der Waals surface area contributed by atoms with Gasteiger partial charge in [-0.2, -0.15) is 0 Å². The quantitative estimate of drug-likeness (QED) is 0.792. The molecule has 82 valence electrons. The number of carboxylic acid groups (broad SMARTS) is 1. The molecule has 0 aliphatic carbocycles. The van der Waals surface area contributed by atoms with Crippen LogP contribution in [-0.2, 0) is 13.0 Å². The number of carboxylic acids is 1. The van der Waals surface area contributed by atoms with Gasteiger partial charge in [-0.15, -0.1) is 0 Å². The molecule has 15 heavy (non-hydrogen) atoms. The van der Waals surface area contributed by atoms with Crippen LogP contribution in [0.25, 0.3) is 0 Å². The number of fused-ring (bicyclic) bond motifs is 1. The van der Waals surface area contributed by atoms with Crippen molar-refractivity contribution in [1.29, 1.82) is 0 Å². The van der Waals surface area contributed by atoms with Gasteiger partial charge in [0.1, 0.15) is 5.76 Å². The van der Waals surface area contributed by atoms with Crippen LogP contribution in [0, 0.1) is 0 Å². The fourth-order valence-electron chi connectivity index (χ4n) is 1.84. The Morgan fingerprint density at radius 1 is 1.60 bits per heavy atom. The summed E-state index contributed by atoms with van der Waals surface area (Å²) < 4.78 is 5.02. The second-order valence-electron chi connectivity index (χ2n) is 4.05. The predicted molar refractivity (Wildman–Crippen MR) is 52.7 cm³/mol. The second-order valence-corrected chi connectivity index (χ2v) is 4.05. The van der Waals surface area contributed by atoms with Crippen LogP contribution in [0.4, 0.5) is 0 Å². The molecule has 5 heteroatoms. The molecule has 0 saturated heterocycles. The van der Waals surface area contributed by atoms with Crippen molar-refractivity contribution < 1.29 is 14.4 Å². The van der Waals surface area contributed by atoms with Crippen LogP contribution in [0.1, 0.15) is 35.7 Å². The third-order valence-corrected chi connectivity index (χ3v) is 2.79. The summed E-state index contributed by atoms with van der Waals surface area (Å²) in [4.78, 5) is 13.1. The van der Waals surface area contributed by atoms with Gasteiger partial charge in [-0.1, -0.05) is 5.16 Å². The summed E-state index contributed by atoms with van der Waals surface area (Å²) in [5.41, 5.74) is 0.804. The maximum Gasteiger partial charge on any atom is 0.358 e. The van der Waals surface area contributed by atoms with E-state index in [-0.39, 0.29) is 5.69 Å². The van der Waals surface area contributed by atoms with Crippen molar-refractivity contribution in [2.24, 2.45) is 0 Å². The number of rotatable bonds is 2. The topological polar surface area (TPSA) is 66.6 Å². The number of hydrogen-bond donors (Lipinski definition) is 1. The smallest absolute Gasteiger partial charge is 0.358 e. The zero-order valence-electron chi connectivity index (χ0n) is 8.86. The molecule has 0 aromatic carbocycles. The Morgan fingerprint density at radius 3 is 2.93 bits per heavy atom. The van der Waals surface area contributed by atoms with E-state index in [0.29, 0.717) is 12.6 Å². The highest BCUT2D eigenvalue weighted by Crippen LogP contribution is 2.23. The molecule has 2 rings (SSSR count). The SMILES string of the molecule is CC(C)N1CCc2onc(C(=O)O)c2C1. The van der Waals surface area contributed by atoms with E-state index in [0.717, 1.165) is 24.3 Å². The zero-order valence-corrected chi connectivity index (χ0v) is 8.86. The van der Waals surface area contributed by atoms with Gasteiger partial charge in [0.2, 0.25) is 0 Å². The van der Waals surface area contributed by atoms with E-state index in [1.165, 1.54) is 0 Å². The molecule has 0 spiro atoms. The highest BCUT2D eigenvalue weighted by molar-refractivity contribution is 5.87. The Morgan fingerprint density at radius 2 is 2.33 bits per heavy atom. The van der Waals surface area contributed by atoms with Gasteiger partial charge in [0, 0.05) is 31.1 Å². The standard InChI is InChI=1S/C10H14N2O3/c1-6(2)12-4-3-8-7(5-12)9(10(13)14)11-15-8/h6H,3-5H2,1-2H3,(H,13,14). The van der Waals surface area contributed by atoms with Gasteiger partial charge in [0.05, 0.1) is 0 Å². The number of hydrogen-bond acceptors (Lipinski definition) is 4. The first-order valence-corrected chi connectivity index (χ1v) is 5.04. The van der Waals surface area contributed by atoms with E-state index in [4.69, 9.17) is 9.63 Å². The Labute approximate surface area is 87.7 Å². The Hall–Kier alpha value is -1.36. The molecule has 1 aliphatic rings. The summed E-state index contributed by atoms with van der Waals surface area (Å²) >= 11 is 0. The van der Waals surface area contributed by atoms with Crippen molar-refractivity contribution in [2.75, 3.05) is 6.54 Å². The minimum atomic E-state index is -1.01. The molecule has 0 bridgehead atoms. The summed E-state index contributed by atoms with van der Waals surface area (Å²) in [6, 6.07) is 0.412. The maximum absolute atomic E-state index is 10.9. The molecule has 5 nitrogen and oxygen atoms in total. The van der Waals surface area contributed by atoms with E-state index in [1.54, 1.807) is 0 Å². The van der Waals surface area contributed by atoms with Gasteiger partial charge in [0.15, 0.2) is 5.69 Å². The molecule has 1 aliphatic heterocycles. The van der Waals surface area contributed by atoms with Crippen LogP contribution in [0.3, 0.4) is 0 Å². The van der Waals surface area contributed by atoms with Crippen molar-refractivity contribution in [2.45, 2.75) is 32.9 Å². The minimum Gasteiger partial charge on any atom is -0.476 e. The monoisotopic (exact) mass is 210 g/mol. The lowest BCUT2D eigenvalue weighted by Gasteiger charge is -2.29. The summed E-state index contributed by atoms with van der Waals surface area (Å²) in [7, 11) is 0. The average Bonchev–Trinajstić information content (AvgIpc) is 2.59. The van der Waals surface area contributed by atoms with Gasteiger partial charge in [-0.05, 0) is 13.8 Å². The summed E-state index contributed by atoms with van der Waals surface area (Å²) in [5.74, 6) is -0.282. The van der Waals surface area contributed by atoms with E-state index < -0.39 is 5.97 Å². The van der Waals surface area contributed by atoms with Crippen molar-refractivity contribution in [3.63, 3.8) is 0 Å². The van der Waals surface area contributed by atoms with E-state index in [1.807, 2.05) is 0 Å². The molecule has 0 radical (unpaired) electrons. The summed E-state index contributed by atoms with van der Waals surface area (Å²) in [6.07, 6.45) is 0.744. The normalized spacial score (nSPS) is 16.7. The van der Waals surface area contributed by atoms with E-state index in [9.17, 15) is 4.79 Å². The highest BCUT2D eigenvalue weighted by atomic mass is 16.5. The van der Waals surface area contributed by atoms with Gasteiger partial charge >= 0.3 is 5.97 Å². The largest absolute Gasteiger partial charge is 0.476 e. The van der Waals surface area contributed by atoms with Crippen molar-refractivity contribution in [3.05, 3.63) is 17.0 Å². The van der Waals surface area contributed by atoms with E-state index >= 15 is 0 Å². The highest BCUT2D eigenvalue weighted by Gasteiger charge is 2.27. The molecule has 1 aromatic heterocycles. The molecule has 1 aromatic rings. The number of carbonyl (C=O) groups is 1. The van der Waals surface area contributed by atoms with Crippen LogP contribution in [0.15, 0.2) is 4.52 Å². The fourth-order valence-corrected chi connectivity index (χ4v) is 1.84. The third-order valence-electron chi connectivity index (χ3n) is 2.79. The Balaban J connectivity index is 2.30. The molecule has 0 unspecified atom stereocenters. The Bertz CT molecular complexity index is 384. The van der Waals surface area contributed by atoms with Crippen molar-refractivity contribution in [1.82, 2.24) is 10.1 Å². The lowest BCUT2D eigenvalue weighted by molar-refractivity contribution is 0.0683. The van der Waals surface area contributed by atoms with Gasteiger partial charge < -0.3 is 9.63 Å². The van der Waals surface area contributed by atoms with Gasteiger partial charge in [-0.25, -0.2) is 4.79 Å². The molecular weight excluding hydrogens is 196 g/mol. The first kappa shape index (κ1) is 10.2. The lowest BCUT2D eigenvalue weighted by atomic mass is 10.0. The van der Waals surface area contributed by atoms with Crippen LogP contribution in [0.5, 0.6) is 0 Å². The average molecular weight is 210 g/mol. The number of aromatic carboxylic acids is 1. The van der Waals surface area contributed by atoms with E-state index in [2.05, 4.69) is 23.9 Å². The molecule has 0 fully saturated rings. The van der Waals surface area contributed by atoms with Crippen LogP contribution in [0.2, 0.25) is 0 Å². The molecular formula is C10H14N2O3. The van der Waals surface area contributed by atoms with Crippen LogP contribution >= 0.6 is 0 Å². The van der Waals surface area contributed by atoms with Crippen molar-refractivity contribution in [3.8, 4) is 0 Å². The van der Waals surface area contributed by atoms with Gasteiger partial charge in [0.25, 0.3) is 0 Å². The van der Waals surface area contributed by atoms with Crippen LogP contribution < -0.4 is 0 Å². The first-order chi connectivity index (χ1) is 7.09. The fraction of sp³-hybridized carbons (Fsp3) is 0.600. The minimum absolute atomic E-state index is 0.0651. The van der Waals surface area contributed by atoms with Crippen molar-refractivity contribution >= 4 is 5.97 Å². The van der Waals surface area contributed by atoms with Crippen LogP contribution in [-0.4, -0.2) is 33.7 Å². The second kappa shape index (κ2) is 3.66. The molecule has 1 N–H and O–H groups in total. The molecule has 0 atom stereocenters. The summed E-state index contributed by atoms with van der Waals surface area (Å²) in [5, 5.41) is 12.5. The number of aromatic nitrogens is 1. The first-order valence-electron chi connectivity index (χ1n) is 5.04. The third kappa shape index (κ3) is 1.74. The molecule has 2 heterocycles. The number of nitrogens with zero attached hydrogens (tertiary/aromatic N) is 2. The predicted octanol–water partition coefficient (Wildman–Crippen LogP) is 1.14.